The van der Waals surface area contributed by atoms with Crippen LogP contribution in [-0.2, 0) is 29.3 Å². The lowest BCUT2D eigenvalue weighted by molar-refractivity contribution is -0.384. The molecule has 0 radical (unpaired) electrons. The van der Waals surface area contributed by atoms with Crippen molar-refractivity contribution in [1.82, 2.24) is 0 Å². The van der Waals surface area contributed by atoms with Crippen molar-refractivity contribution in [2.45, 2.75) is 19.6 Å². The summed E-state index contributed by atoms with van der Waals surface area (Å²) in [5, 5.41) is 15.1. The molecule has 0 fully saturated rings. The van der Waals surface area contributed by atoms with Gasteiger partial charge >= 0.3 is 5.97 Å². The predicted molar refractivity (Wildman–Crippen MR) is 160 cm³/mol. The maximum atomic E-state index is 13.3. The van der Waals surface area contributed by atoms with E-state index in [1.807, 2.05) is 60.7 Å². The van der Waals surface area contributed by atoms with Gasteiger partial charge in [-0.1, -0.05) is 65.8 Å². The number of nitro groups is 1. The zero-order valence-corrected chi connectivity index (χ0v) is 25.0. The van der Waals surface area contributed by atoms with Crippen LogP contribution in [0.15, 0.2) is 105 Å². The molecule has 0 N–H and O–H groups in total. The Labute approximate surface area is 253 Å². The van der Waals surface area contributed by atoms with Gasteiger partial charge in [0.1, 0.15) is 29.2 Å². The topological polar surface area (TPSA) is 109 Å². The lowest BCUT2D eigenvalue weighted by atomic mass is 10.1. The number of methoxy groups -OCH3 is 1. The van der Waals surface area contributed by atoms with Crippen LogP contribution in [0.1, 0.15) is 16.7 Å². The summed E-state index contributed by atoms with van der Waals surface area (Å²) in [5.74, 6) is 0.301. The molecule has 4 rings (SSSR count). The second kappa shape index (κ2) is 14.4. The molecule has 0 unspecified atom stereocenters. The fourth-order valence-corrected chi connectivity index (χ4v) is 5.37. The van der Waals surface area contributed by atoms with E-state index in [9.17, 15) is 14.9 Å². The first-order chi connectivity index (χ1) is 19.9. The molecule has 0 saturated carbocycles. The van der Waals surface area contributed by atoms with Crippen LogP contribution >= 0.6 is 31.9 Å². The number of nitrogens with zero attached hydrogens (tertiary/aromatic N) is 2. The van der Waals surface area contributed by atoms with Crippen molar-refractivity contribution in [2.75, 3.05) is 7.11 Å². The minimum absolute atomic E-state index is 0.0219. The van der Waals surface area contributed by atoms with Crippen molar-refractivity contribution in [2.24, 2.45) is 5.16 Å². The van der Waals surface area contributed by atoms with E-state index in [4.69, 9.17) is 19.0 Å². The Bertz CT molecular complexity index is 1530. The number of hydrogen-bond acceptors (Lipinski definition) is 8. The Balaban J connectivity index is 1.64. The monoisotopic (exact) mass is 682 g/mol. The van der Waals surface area contributed by atoms with Gasteiger partial charge < -0.3 is 19.0 Å². The van der Waals surface area contributed by atoms with Gasteiger partial charge in [-0.15, -0.1) is 0 Å². The predicted octanol–water partition coefficient (Wildman–Crippen LogP) is 7.43. The van der Waals surface area contributed by atoms with Gasteiger partial charge in [-0.25, -0.2) is 4.79 Å². The van der Waals surface area contributed by atoms with E-state index in [1.165, 1.54) is 31.4 Å². The minimum atomic E-state index is -0.788. The van der Waals surface area contributed by atoms with Gasteiger partial charge in [0, 0.05) is 24.1 Å². The van der Waals surface area contributed by atoms with Crippen LogP contribution in [0.3, 0.4) is 0 Å². The van der Waals surface area contributed by atoms with Crippen molar-refractivity contribution in [1.29, 1.82) is 0 Å². The van der Waals surface area contributed by atoms with E-state index >= 15 is 0 Å². The average Bonchev–Trinajstić information content (AvgIpc) is 2.98. The highest BCUT2D eigenvalue weighted by atomic mass is 79.9. The molecule has 0 aliphatic rings. The number of nitro benzene ring substituents is 1. The Kier molecular flexibility index (Phi) is 10.5. The summed E-state index contributed by atoms with van der Waals surface area (Å²) in [7, 11) is 1.54. The van der Waals surface area contributed by atoms with Crippen molar-refractivity contribution < 1.29 is 28.8 Å². The van der Waals surface area contributed by atoms with Crippen LogP contribution in [0.5, 0.6) is 17.2 Å². The van der Waals surface area contributed by atoms with E-state index < -0.39 is 10.9 Å². The third kappa shape index (κ3) is 8.15. The number of oxime groups is 1. The lowest BCUT2D eigenvalue weighted by Gasteiger charge is -2.18. The van der Waals surface area contributed by atoms with Crippen molar-refractivity contribution in [3.05, 3.63) is 127 Å². The fourth-order valence-electron chi connectivity index (χ4n) is 3.72. The minimum Gasteiger partial charge on any atom is -0.494 e. The van der Waals surface area contributed by atoms with Crippen LogP contribution in [0.4, 0.5) is 5.69 Å². The lowest BCUT2D eigenvalue weighted by Crippen LogP contribution is -2.23. The van der Waals surface area contributed by atoms with Crippen LogP contribution in [0.2, 0.25) is 0 Å². The molecule has 0 bridgehead atoms. The first-order valence-electron chi connectivity index (χ1n) is 12.3. The highest BCUT2D eigenvalue weighted by molar-refractivity contribution is 9.11. The third-order valence-corrected chi connectivity index (χ3v) is 7.05. The van der Waals surface area contributed by atoms with E-state index in [0.29, 0.717) is 26.0 Å². The normalized spacial score (nSPS) is 11.0. The van der Waals surface area contributed by atoms with Crippen molar-refractivity contribution in [3.63, 3.8) is 0 Å². The maximum Gasteiger partial charge on any atom is 0.361 e. The molecule has 4 aromatic rings. The quantitative estimate of drug-likeness (QED) is 0.0502. The van der Waals surface area contributed by atoms with Crippen molar-refractivity contribution in [3.8, 4) is 17.2 Å². The van der Waals surface area contributed by atoms with Gasteiger partial charge in [-0.3, -0.25) is 10.1 Å². The summed E-state index contributed by atoms with van der Waals surface area (Å²) in [5.41, 5.74) is 2.24. The van der Waals surface area contributed by atoms with Crippen LogP contribution in [0, 0.1) is 10.1 Å². The summed E-state index contributed by atoms with van der Waals surface area (Å²) >= 11 is 7.09. The van der Waals surface area contributed by atoms with Crippen LogP contribution < -0.4 is 14.2 Å². The SMILES string of the molecule is COc1c(Br)cc(C/C(=N\OCc2ccccc2)C(=O)Oc2ccc([N+](=O)[O-])cc2)c(OCc2ccccc2)c1Br. The van der Waals surface area contributed by atoms with E-state index in [-0.39, 0.29) is 36.8 Å². The molecular weight excluding hydrogens is 660 g/mol. The second-order valence-corrected chi connectivity index (χ2v) is 10.2. The van der Waals surface area contributed by atoms with Crippen LogP contribution in [-0.4, -0.2) is 23.7 Å². The Hall–Kier alpha value is -4.22. The van der Waals surface area contributed by atoms with Crippen LogP contribution in [0.25, 0.3) is 0 Å². The number of benzene rings is 4. The molecule has 0 amide bonds. The third-order valence-electron chi connectivity index (χ3n) is 5.74. The number of rotatable bonds is 12. The number of ether oxygens (including phenoxy) is 3. The van der Waals surface area contributed by atoms with E-state index in [2.05, 4.69) is 37.0 Å². The molecule has 0 aromatic heterocycles. The first-order valence-corrected chi connectivity index (χ1v) is 13.8. The number of hydrogen-bond donors (Lipinski definition) is 0. The summed E-state index contributed by atoms with van der Waals surface area (Å²) in [6.45, 7) is 0.393. The van der Waals surface area contributed by atoms with Gasteiger partial charge in [-0.2, -0.15) is 0 Å². The molecule has 0 saturated heterocycles. The summed E-state index contributed by atoms with van der Waals surface area (Å²) in [4.78, 5) is 29.3. The first kappa shape index (κ1) is 29.8. The van der Waals surface area contributed by atoms with Gasteiger partial charge in [0.25, 0.3) is 5.69 Å². The summed E-state index contributed by atoms with van der Waals surface area (Å²) in [6.07, 6.45) is -0.0219. The molecule has 0 aliphatic heterocycles. The van der Waals surface area contributed by atoms with Gasteiger partial charge in [0.2, 0.25) is 0 Å². The molecule has 4 aromatic carbocycles. The standard InChI is InChI=1S/C30H24Br2N2O7/c1-38-29-25(31)16-22(28(27(29)32)39-18-20-8-4-2-5-9-20)17-26(33-40-19-21-10-6-3-7-11-21)30(35)41-24-14-12-23(13-15-24)34(36)37/h2-16H,17-19H2,1H3/b33-26+. The highest BCUT2D eigenvalue weighted by Crippen LogP contribution is 2.43. The average molecular weight is 684 g/mol. The van der Waals surface area contributed by atoms with Gasteiger partial charge in [0.15, 0.2) is 11.5 Å². The molecule has 0 atom stereocenters. The van der Waals surface area contributed by atoms with Gasteiger partial charge in [-0.05, 0) is 61.2 Å². The number of esters is 1. The Morgan fingerprint density at radius 2 is 1.49 bits per heavy atom. The molecule has 9 nitrogen and oxygen atoms in total. The smallest absolute Gasteiger partial charge is 0.361 e. The number of halogens is 2. The number of carbonyl (C=O) groups excluding carboxylic acids is 1. The summed E-state index contributed by atoms with van der Waals surface area (Å²) < 4.78 is 18.4. The Morgan fingerprint density at radius 3 is 2.07 bits per heavy atom. The van der Waals surface area contributed by atoms with E-state index in [1.54, 1.807) is 6.07 Å². The molecule has 11 heteroatoms. The van der Waals surface area contributed by atoms with Crippen molar-refractivity contribution >= 4 is 49.2 Å². The maximum absolute atomic E-state index is 13.3. The second-order valence-electron chi connectivity index (χ2n) is 8.58. The highest BCUT2D eigenvalue weighted by Gasteiger charge is 2.24. The molecule has 0 heterocycles. The molecule has 0 spiro atoms. The molecule has 210 valence electrons. The van der Waals surface area contributed by atoms with E-state index in [0.717, 1.165) is 11.1 Å². The molecule has 0 aliphatic carbocycles. The Morgan fingerprint density at radius 1 is 0.878 bits per heavy atom. The fraction of sp³-hybridized carbons (Fsp3) is 0.133. The molecule has 41 heavy (non-hydrogen) atoms. The number of non-ortho nitro benzene ring substituents is 1. The summed E-state index contributed by atoms with van der Waals surface area (Å²) in [6, 6.07) is 26.0. The zero-order valence-electron chi connectivity index (χ0n) is 21.8. The largest absolute Gasteiger partial charge is 0.494 e. The number of carbonyl (C=O) groups is 1. The zero-order chi connectivity index (χ0) is 29.2. The van der Waals surface area contributed by atoms with Gasteiger partial charge in [0.05, 0.1) is 16.5 Å². The molecular formula is C30H24Br2N2O7.